The van der Waals surface area contributed by atoms with Gasteiger partial charge in [0.25, 0.3) is 0 Å². The number of aromatic nitrogens is 1. The zero-order valence-electron chi connectivity index (χ0n) is 10.5. The largest absolute Gasteiger partial charge is 0.258 e. The van der Waals surface area contributed by atoms with Crippen molar-refractivity contribution in [2.75, 3.05) is 0 Å². The van der Waals surface area contributed by atoms with Crippen LogP contribution in [-0.2, 0) is 12.8 Å². The van der Waals surface area contributed by atoms with Crippen LogP contribution in [-0.4, -0.2) is 4.98 Å². The topological polar surface area (TPSA) is 12.9 Å². The minimum atomic E-state index is 1.18. The first-order valence-electron chi connectivity index (χ1n) is 6.81. The van der Waals surface area contributed by atoms with Crippen molar-refractivity contribution in [1.82, 2.24) is 4.98 Å². The molecule has 16 heavy (non-hydrogen) atoms. The van der Waals surface area contributed by atoms with E-state index in [2.05, 4.69) is 19.1 Å². The minimum Gasteiger partial charge on any atom is -0.258 e. The van der Waals surface area contributed by atoms with Gasteiger partial charge in [-0.3, -0.25) is 4.98 Å². The number of fused-ring (bicyclic) bond motifs is 2. The molecule has 0 unspecified atom stereocenters. The highest BCUT2D eigenvalue weighted by atomic mass is 14.7. The Morgan fingerprint density at radius 2 is 1.19 bits per heavy atom. The average molecular weight is 217 g/mol. The SMILES string of the molecule is Cc1cc2nc(c1)CCCCCCCCC2. The lowest BCUT2D eigenvalue weighted by Gasteiger charge is -2.09. The van der Waals surface area contributed by atoms with Gasteiger partial charge in [0.1, 0.15) is 0 Å². The maximum absolute atomic E-state index is 4.77. The standard InChI is InChI=1S/C15H23N/c1-13-11-14-9-7-5-3-2-4-6-8-10-15(12-13)16-14/h11-12H,2-10H2,1H3. The molecule has 2 heterocycles. The Morgan fingerprint density at radius 3 is 1.69 bits per heavy atom. The summed E-state index contributed by atoms with van der Waals surface area (Å²) in [4.78, 5) is 4.77. The van der Waals surface area contributed by atoms with Crippen LogP contribution in [0.2, 0.25) is 0 Å². The van der Waals surface area contributed by atoms with E-state index in [-0.39, 0.29) is 0 Å². The molecule has 0 radical (unpaired) electrons. The van der Waals surface area contributed by atoms with E-state index in [1.807, 2.05) is 0 Å². The minimum absolute atomic E-state index is 1.18. The van der Waals surface area contributed by atoms with Crippen molar-refractivity contribution in [2.45, 2.75) is 64.7 Å². The molecule has 1 aromatic rings. The van der Waals surface area contributed by atoms with Crippen LogP contribution < -0.4 is 0 Å². The predicted molar refractivity (Wildman–Crippen MR) is 68.7 cm³/mol. The number of aryl methyl sites for hydroxylation is 3. The Balaban J connectivity index is 2.08. The first kappa shape index (κ1) is 11.6. The van der Waals surface area contributed by atoms with E-state index >= 15 is 0 Å². The molecule has 88 valence electrons. The molecule has 0 N–H and O–H groups in total. The number of nitrogens with zero attached hydrogens (tertiary/aromatic N) is 1. The third kappa shape index (κ3) is 3.62. The summed E-state index contributed by atoms with van der Waals surface area (Å²) in [6.07, 6.45) is 12.0. The maximum Gasteiger partial charge on any atom is 0.0409 e. The van der Waals surface area contributed by atoms with Gasteiger partial charge in [-0.2, -0.15) is 0 Å². The summed E-state index contributed by atoms with van der Waals surface area (Å²) in [5.41, 5.74) is 4.02. The second-order valence-electron chi connectivity index (χ2n) is 5.10. The fourth-order valence-corrected chi connectivity index (χ4v) is 2.57. The summed E-state index contributed by atoms with van der Waals surface area (Å²) in [5, 5.41) is 0. The van der Waals surface area contributed by atoms with Crippen molar-refractivity contribution >= 4 is 0 Å². The first-order valence-corrected chi connectivity index (χ1v) is 6.81. The van der Waals surface area contributed by atoms with Crippen LogP contribution >= 0.6 is 0 Å². The van der Waals surface area contributed by atoms with Crippen molar-refractivity contribution in [3.8, 4) is 0 Å². The third-order valence-corrected chi connectivity index (χ3v) is 3.44. The van der Waals surface area contributed by atoms with Gasteiger partial charge < -0.3 is 0 Å². The Bertz CT molecular complexity index is 302. The molecule has 0 aliphatic carbocycles. The monoisotopic (exact) mass is 217 g/mol. The van der Waals surface area contributed by atoms with Gasteiger partial charge in [0.05, 0.1) is 0 Å². The molecule has 0 amide bonds. The number of hydrogen-bond acceptors (Lipinski definition) is 1. The Hall–Kier alpha value is -0.850. The van der Waals surface area contributed by atoms with E-state index in [1.165, 1.54) is 74.7 Å². The summed E-state index contributed by atoms with van der Waals surface area (Å²) in [6.45, 7) is 2.19. The quantitative estimate of drug-likeness (QED) is 0.634. The summed E-state index contributed by atoms with van der Waals surface area (Å²) < 4.78 is 0. The van der Waals surface area contributed by atoms with Gasteiger partial charge in [-0.05, 0) is 50.3 Å². The molecule has 0 spiro atoms. The molecule has 1 nitrogen and oxygen atoms in total. The van der Waals surface area contributed by atoms with Crippen LogP contribution in [0.4, 0.5) is 0 Å². The second kappa shape index (κ2) is 6.03. The predicted octanol–water partition coefficient (Wildman–Crippen LogP) is 4.22. The molecular formula is C15H23N. The molecule has 0 atom stereocenters. The lowest BCUT2D eigenvalue weighted by molar-refractivity contribution is 0.568. The lowest BCUT2D eigenvalue weighted by atomic mass is 10.0. The van der Waals surface area contributed by atoms with Crippen molar-refractivity contribution in [3.63, 3.8) is 0 Å². The van der Waals surface area contributed by atoms with Gasteiger partial charge in [-0.25, -0.2) is 0 Å². The van der Waals surface area contributed by atoms with E-state index in [0.29, 0.717) is 0 Å². The van der Waals surface area contributed by atoms with Crippen molar-refractivity contribution in [2.24, 2.45) is 0 Å². The van der Waals surface area contributed by atoms with Gasteiger partial charge in [-0.1, -0.05) is 32.1 Å². The number of hydrogen-bond donors (Lipinski definition) is 0. The zero-order chi connectivity index (χ0) is 11.2. The van der Waals surface area contributed by atoms with Gasteiger partial charge in [-0.15, -0.1) is 0 Å². The smallest absolute Gasteiger partial charge is 0.0409 e. The molecule has 1 aliphatic rings. The van der Waals surface area contributed by atoms with Crippen molar-refractivity contribution < 1.29 is 0 Å². The molecule has 1 aliphatic heterocycles. The molecule has 2 bridgehead atoms. The first-order chi connectivity index (χ1) is 7.84. The normalized spacial score (nSPS) is 18.6. The summed E-state index contributed by atoms with van der Waals surface area (Å²) in [5.74, 6) is 0. The third-order valence-electron chi connectivity index (χ3n) is 3.44. The average Bonchev–Trinajstić information content (AvgIpc) is 2.24. The molecule has 0 aromatic carbocycles. The Kier molecular flexibility index (Phi) is 4.38. The highest BCUT2D eigenvalue weighted by Gasteiger charge is 2.03. The van der Waals surface area contributed by atoms with Gasteiger partial charge >= 0.3 is 0 Å². The van der Waals surface area contributed by atoms with Crippen LogP contribution in [0.25, 0.3) is 0 Å². The van der Waals surface area contributed by atoms with Crippen LogP contribution in [0, 0.1) is 6.92 Å². The summed E-state index contributed by atoms with van der Waals surface area (Å²) in [6, 6.07) is 4.52. The maximum atomic E-state index is 4.77. The second-order valence-corrected chi connectivity index (χ2v) is 5.10. The fraction of sp³-hybridized carbons (Fsp3) is 0.667. The summed E-state index contributed by atoms with van der Waals surface area (Å²) in [7, 11) is 0. The molecule has 2 rings (SSSR count). The van der Waals surface area contributed by atoms with E-state index in [1.54, 1.807) is 0 Å². The Morgan fingerprint density at radius 1 is 0.750 bits per heavy atom. The molecular weight excluding hydrogens is 194 g/mol. The zero-order valence-corrected chi connectivity index (χ0v) is 10.5. The number of rotatable bonds is 0. The molecule has 1 heteroatoms. The molecule has 0 saturated heterocycles. The fourth-order valence-electron chi connectivity index (χ4n) is 2.57. The van der Waals surface area contributed by atoms with E-state index in [0.717, 1.165) is 0 Å². The van der Waals surface area contributed by atoms with E-state index in [9.17, 15) is 0 Å². The molecule has 0 fully saturated rings. The van der Waals surface area contributed by atoms with Crippen molar-refractivity contribution in [3.05, 3.63) is 29.1 Å². The van der Waals surface area contributed by atoms with Gasteiger partial charge in [0.2, 0.25) is 0 Å². The molecule has 0 saturated carbocycles. The van der Waals surface area contributed by atoms with Gasteiger partial charge in [0, 0.05) is 11.4 Å². The van der Waals surface area contributed by atoms with Crippen LogP contribution in [0.3, 0.4) is 0 Å². The molecule has 1 aromatic heterocycles. The van der Waals surface area contributed by atoms with Gasteiger partial charge in [0.15, 0.2) is 0 Å². The highest BCUT2D eigenvalue weighted by molar-refractivity contribution is 5.20. The number of pyridine rings is 1. The van der Waals surface area contributed by atoms with E-state index in [4.69, 9.17) is 4.98 Å². The lowest BCUT2D eigenvalue weighted by Crippen LogP contribution is -1.99. The summed E-state index contributed by atoms with van der Waals surface area (Å²) >= 11 is 0. The van der Waals surface area contributed by atoms with Crippen molar-refractivity contribution in [1.29, 1.82) is 0 Å². The Labute approximate surface area is 99.3 Å². The highest BCUT2D eigenvalue weighted by Crippen LogP contribution is 2.15. The van der Waals surface area contributed by atoms with Crippen LogP contribution in [0.15, 0.2) is 12.1 Å². The van der Waals surface area contributed by atoms with Crippen LogP contribution in [0.1, 0.15) is 61.9 Å². The van der Waals surface area contributed by atoms with E-state index < -0.39 is 0 Å². The van der Waals surface area contributed by atoms with Crippen LogP contribution in [0.5, 0.6) is 0 Å².